The van der Waals surface area contributed by atoms with Gasteiger partial charge in [0.15, 0.2) is 0 Å². The highest BCUT2D eigenvalue weighted by atomic mass is 32.2. The van der Waals surface area contributed by atoms with Crippen molar-refractivity contribution in [1.82, 2.24) is 29.9 Å². The van der Waals surface area contributed by atoms with Gasteiger partial charge >= 0.3 is 0 Å². The molecule has 2 aliphatic carbocycles. The number of hydrogen-bond donors (Lipinski definition) is 2. The van der Waals surface area contributed by atoms with Crippen LogP contribution in [0.4, 0.5) is 0 Å². The van der Waals surface area contributed by atoms with E-state index >= 15 is 0 Å². The second-order valence-corrected chi connectivity index (χ2v) is 13.2. The summed E-state index contributed by atoms with van der Waals surface area (Å²) in [6, 6.07) is 12.8. The molecule has 2 atom stereocenters. The van der Waals surface area contributed by atoms with Crippen molar-refractivity contribution >= 4 is 15.9 Å². The van der Waals surface area contributed by atoms with E-state index in [9.17, 15) is 13.2 Å². The summed E-state index contributed by atoms with van der Waals surface area (Å²) in [4.78, 5) is 13.1. The zero-order valence-corrected chi connectivity index (χ0v) is 24.3. The third kappa shape index (κ3) is 5.89. The van der Waals surface area contributed by atoms with Crippen molar-refractivity contribution in [3.8, 4) is 5.75 Å². The number of sulfonamides is 1. The minimum Gasteiger partial charge on any atom is -0.497 e. The van der Waals surface area contributed by atoms with Gasteiger partial charge in [-0.3, -0.25) is 4.79 Å². The number of ether oxygens (including phenoxy) is 1. The molecule has 1 aliphatic heterocycles. The number of nitrogens with zero attached hydrogens (tertiary/aromatic N) is 4. The van der Waals surface area contributed by atoms with E-state index in [2.05, 4.69) is 39.1 Å². The minimum atomic E-state index is -3.90. The maximum absolute atomic E-state index is 13.5. The number of aryl methyl sites for hydroxylation is 1. The number of piperazine rings is 1. The first-order valence-electron chi connectivity index (χ1n) is 14.6. The molecule has 6 rings (SSSR count). The molecule has 3 aliphatic rings. The van der Waals surface area contributed by atoms with Crippen molar-refractivity contribution < 1.29 is 17.9 Å². The van der Waals surface area contributed by atoms with Gasteiger partial charge in [0, 0.05) is 38.3 Å². The lowest BCUT2D eigenvalue weighted by atomic mass is 9.86. The average molecular weight is 579 g/mol. The number of nitrogens with one attached hydrogen (secondary N) is 2. The summed E-state index contributed by atoms with van der Waals surface area (Å²) < 4.78 is 35.4. The Labute approximate surface area is 241 Å². The van der Waals surface area contributed by atoms with Gasteiger partial charge in [-0.1, -0.05) is 36.3 Å². The number of methoxy groups -OCH3 is 1. The van der Waals surface area contributed by atoms with Crippen molar-refractivity contribution in [1.29, 1.82) is 0 Å². The Bertz CT molecular complexity index is 1480. The van der Waals surface area contributed by atoms with Gasteiger partial charge in [-0.25, -0.2) is 13.1 Å². The van der Waals surface area contributed by atoms with Crippen LogP contribution in [0.3, 0.4) is 0 Å². The topological polar surface area (TPSA) is 118 Å². The molecule has 1 saturated carbocycles. The molecule has 1 aromatic heterocycles. The molecule has 41 heavy (non-hydrogen) atoms. The summed E-state index contributed by atoms with van der Waals surface area (Å²) in [5.41, 5.74) is 4.52. The van der Waals surface area contributed by atoms with Gasteiger partial charge < -0.3 is 15.4 Å². The van der Waals surface area contributed by atoms with E-state index < -0.39 is 16.1 Å². The largest absolute Gasteiger partial charge is 0.497 e. The van der Waals surface area contributed by atoms with Gasteiger partial charge in [-0.05, 0) is 73.1 Å². The quantitative estimate of drug-likeness (QED) is 0.401. The predicted octanol–water partition coefficient (Wildman–Crippen LogP) is 2.98. The molecule has 0 radical (unpaired) electrons. The monoisotopic (exact) mass is 578 g/mol. The van der Waals surface area contributed by atoms with Crippen LogP contribution in [0, 0.1) is 0 Å². The van der Waals surface area contributed by atoms with E-state index in [0.29, 0.717) is 17.5 Å². The standard InChI is InChI=1S/C30H38N6O4S/c1-40-25-10-12-26(13-11-25)41(38,39)36-16-15-31-30(37)29(36)18-24-20-35(34-33-24)28-8-4-5-22-17-21(9-14-27(22)28)19-32-23-6-2-3-7-23/h9-14,17,20,23,28-29,32H,2-8,15-16,18-19H2,1H3,(H,31,37)/t28-,29-/m1/s1. The Morgan fingerprint density at radius 1 is 1.07 bits per heavy atom. The number of benzene rings is 2. The number of hydrogen-bond acceptors (Lipinski definition) is 7. The van der Waals surface area contributed by atoms with E-state index in [4.69, 9.17) is 4.74 Å². The van der Waals surface area contributed by atoms with Gasteiger partial charge in [0.25, 0.3) is 0 Å². The molecule has 1 amide bonds. The number of aromatic nitrogens is 3. The van der Waals surface area contributed by atoms with Crippen LogP contribution in [0.1, 0.15) is 67.0 Å². The van der Waals surface area contributed by atoms with E-state index in [0.717, 1.165) is 25.8 Å². The third-order valence-electron chi connectivity index (χ3n) is 8.67. The highest BCUT2D eigenvalue weighted by molar-refractivity contribution is 7.89. The molecule has 218 valence electrons. The van der Waals surface area contributed by atoms with Crippen molar-refractivity contribution in [3.63, 3.8) is 0 Å². The summed E-state index contributed by atoms with van der Waals surface area (Å²) in [5.74, 6) is 0.236. The van der Waals surface area contributed by atoms with Crippen LogP contribution < -0.4 is 15.4 Å². The molecule has 0 bridgehead atoms. The summed E-state index contributed by atoms with van der Waals surface area (Å²) >= 11 is 0. The highest BCUT2D eigenvalue weighted by Gasteiger charge is 2.39. The molecule has 0 spiro atoms. The molecule has 2 aromatic carbocycles. The summed E-state index contributed by atoms with van der Waals surface area (Å²) in [6.45, 7) is 1.34. The van der Waals surface area contributed by atoms with Crippen molar-refractivity contribution in [2.75, 3.05) is 20.2 Å². The van der Waals surface area contributed by atoms with Crippen molar-refractivity contribution in [2.24, 2.45) is 0 Å². The second kappa shape index (κ2) is 11.9. The van der Waals surface area contributed by atoms with Crippen LogP contribution in [-0.2, 0) is 34.2 Å². The molecule has 10 nitrogen and oxygen atoms in total. The van der Waals surface area contributed by atoms with E-state index in [1.807, 2.05) is 10.9 Å². The fraction of sp³-hybridized carbons (Fsp3) is 0.500. The Hall–Kier alpha value is -3.28. The summed E-state index contributed by atoms with van der Waals surface area (Å²) in [6.07, 6.45) is 10.3. The number of fused-ring (bicyclic) bond motifs is 1. The Balaban J connectivity index is 1.18. The zero-order chi connectivity index (χ0) is 28.4. The Kier molecular flexibility index (Phi) is 8.10. The maximum atomic E-state index is 13.5. The molecular weight excluding hydrogens is 540 g/mol. The molecule has 2 fully saturated rings. The molecule has 3 aromatic rings. The normalized spacial score (nSPS) is 21.9. The van der Waals surface area contributed by atoms with Gasteiger partial charge in [0.2, 0.25) is 15.9 Å². The van der Waals surface area contributed by atoms with Crippen molar-refractivity contribution in [2.45, 2.75) is 80.9 Å². The number of carbonyl (C=O) groups excluding carboxylic acids is 1. The lowest BCUT2D eigenvalue weighted by molar-refractivity contribution is -0.126. The molecular formula is C30H38N6O4S. The number of amides is 1. The average Bonchev–Trinajstić information content (AvgIpc) is 3.69. The van der Waals surface area contributed by atoms with Crippen LogP contribution >= 0.6 is 0 Å². The minimum absolute atomic E-state index is 0.0659. The first-order valence-corrected chi connectivity index (χ1v) is 16.1. The first kappa shape index (κ1) is 27.9. The van der Waals surface area contributed by atoms with Crippen molar-refractivity contribution in [3.05, 3.63) is 71.0 Å². The fourth-order valence-electron chi connectivity index (χ4n) is 6.44. The summed E-state index contributed by atoms with van der Waals surface area (Å²) in [5, 5.41) is 15.4. The predicted molar refractivity (Wildman–Crippen MR) is 154 cm³/mol. The molecule has 2 N–H and O–H groups in total. The smallest absolute Gasteiger partial charge is 0.243 e. The van der Waals surface area contributed by atoms with Crippen LogP contribution in [0.5, 0.6) is 5.75 Å². The molecule has 0 unspecified atom stereocenters. The highest BCUT2D eigenvalue weighted by Crippen LogP contribution is 2.33. The van der Waals surface area contributed by atoms with E-state index in [1.165, 1.54) is 65.9 Å². The first-order chi connectivity index (χ1) is 19.9. The number of rotatable bonds is 9. The lowest BCUT2D eigenvalue weighted by Gasteiger charge is -2.33. The van der Waals surface area contributed by atoms with Crippen LogP contribution in [0.15, 0.2) is 53.6 Å². The van der Waals surface area contributed by atoms with Gasteiger partial charge in [-0.15, -0.1) is 5.10 Å². The molecule has 2 heterocycles. The lowest BCUT2D eigenvalue weighted by Crippen LogP contribution is -2.57. The van der Waals surface area contributed by atoms with E-state index in [1.54, 1.807) is 12.1 Å². The third-order valence-corrected chi connectivity index (χ3v) is 10.6. The molecule has 11 heteroatoms. The van der Waals surface area contributed by atoms with Gasteiger partial charge in [-0.2, -0.15) is 4.31 Å². The van der Waals surface area contributed by atoms with E-state index in [-0.39, 0.29) is 36.4 Å². The van der Waals surface area contributed by atoms with Crippen LogP contribution in [-0.4, -0.2) is 65.9 Å². The number of carbonyl (C=O) groups is 1. The fourth-order valence-corrected chi connectivity index (χ4v) is 8.02. The SMILES string of the molecule is COc1ccc(S(=O)(=O)N2CCNC(=O)[C@H]2Cc2cn([C@@H]3CCCc4cc(CNC5CCCC5)ccc43)nn2)cc1. The second-order valence-electron chi connectivity index (χ2n) is 11.3. The van der Waals surface area contributed by atoms with Crippen LogP contribution in [0.2, 0.25) is 0 Å². The van der Waals surface area contributed by atoms with Gasteiger partial charge in [0.05, 0.1) is 23.7 Å². The van der Waals surface area contributed by atoms with Gasteiger partial charge in [0.1, 0.15) is 11.8 Å². The Morgan fingerprint density at radius 2 is 1.88 bits per heavy atom. The Morgan fingerprint density at radius 3 is 2.66 bits per heavy atom. The zero-order valence-electron chi connectivity index (χ0n) is 23.5. The maximum Gasteiger partial charge on any atom is 0.243 e. The summed E-state index contributed by atoms with van der Waals surface area (Å²) in [7, 11) is -2.37. The molecule has 1 saturated heterocycles. The van der Waals surface area contributed by atoms with Crippen LogP contribution in [0.25, 0.3) is 0 Å².